The Morgan fingerprint density at radius 3 is 2.20 bits per heavy atom. The fourth-order valence-electron chi connectivity index (χ4n) is 4.14. The Hall–Kier alpha value is -4.05. The molecule has 0 unspecified atom stereocenters. The van der Waals surface area contributed by atoms with Crippen LogP contribution >= 0.6 is 0 Å². The van der Waals surface area contributed by atoms with Crippen molar-refractivity contribution in [3.63, 3.8) is 0 Å². The molecular formula is C31H39N3O6S. The minimum atomic E-state index is -4.16. The summed E-state index contributed by atoms with van der Waals surface area (Å²) in [4.78, 5) is 28.6. The van der Waals surface area contributed by atoms with Crippen molar-refractivity contribution in [3.05, 3.63) is 84.4 Å². The molecule has 0 fully saturated rings. The molecule has 0 spiro atoms. The lowest BCUT2D eigenvalue weighted by molar-refractivity contribution is -0.139. The van der Waals surface area contributed by atoms with Crippen molar-refractivity contribution in [2.24, 2.45) is 0 Å². The van der Waals surface area contributed by atoms with Crippen LogP contribution in [0.2, 0.25) is 0 Å². The Kier molecular flexibility index (Phi) is 11.2. The van der Waals surface area contributed by atoms with Crippen molar-refractivity contribution < 1.29 is 27.5 Å². The third kappa shape index (κ3) is 8.23. The second-order valence-electron chi connectivity index (χ2n) is 9.62. The monoisotopic (exact) mass is 581 g/mol. The summed E-state index contributed by atoms with van der Waals surface area (Å²) >= 11 is 0. The predicted molar refractivity (Wildman–Crippen MR) is 159 cm³/mol. The van der Waals surface area contributed by atoms with Gasteiger partial charge >= 0.3 is 0 Å². The van der Waals surface area contributed by atoms with E-state index in [0.29, 0.717) is 23.8 Å². The van der Waals surface area contributed by atoms with E-state index < -0.39 is 28.5 Å². The summed E-state index contributed by atoms with van der Waals surface area (Å²) in [6.45, 7) is 7.35. The van der Waals surface area contributed by atoms with Gasteiger partial charge in [0.1, 0.15) is 24.1 Å². The highest BCUT2D eigenvalue weighted by molar-refractivity contribution is 7.92. The van der Waals surface area contributed by atoms with Crippen LogP contribution in [0.4, 0.5) is 5.69 Å². The van der Waals surface area contributed by atoms with Crippen LogP contribution in [-0.2, 0) is 26.2 Å². The van der Waals surface area contributed by atoms with Crippen molar-refractivity contribution >= 4 is 27.5 Å². The van der Waals surface area contributed by atoms with E-state index in [2.05, 4.69) is 5.32 Å². The van der Waals surface area contributed by atoms with E-state index in [1.54, 1.807) is 74.7 Å². The van der Waals surface area contributed by atoms with Gasteiger partial charge in [0.15, 0.2) is 0 Å². The van der Waals surface area contributed by atoms with E-state index in [9.17, 15) is 18.0 Å². The van der Waals surface area contributed by atoms with Gasteiger partial charge in [-0.1, -0.05) is 37.3 Å². The van der Waals surface area contributed by atoms with Crippen LogP contribution in [0.25, 0.3) is 0 Å². The van der Waals surface area contributed by atoms with E-state index in [1.807, 2.05) is 26.8 Å². The molecule has 0 heterocycles. The van der Waals surface area contributed by atoms with E-state index in [-0.39, 0.29) is 23.4 Å². The number of para-hydroxylation sites is 1. The van der Waals surface area contributed by atoms with Crippen LogP contribution in [0.3, 0.4) is 0 Å². The number of sulfonamides is 1. The molecule has 1 N–H and O–H groups in total. The zero-order valence-electron chi connectivity index (χ0n) is 24.2. The van der Waals surface area contributed by atoms with Crippen LogP contribution in [-0.4, -0.2) is 57.5 Å². The van der Waals surface area contributed by atoms with Gasteiger partial charge in [-0.05, 0) is 81.3 Å². The quantitative estimate of drug-likeness (QED) is 0.298. The number of carbonyl (C=O) groups excluding carboxylic acids is 2. The van der Waals surface area contributed by atoms with Gasteiger partial charge in [0.2, 0.25) is 11.8 Å². The van der Waals surface area contributed by atoms with Gasteiger partial charge in [-0.25, -0.2) is 8.42 Å². The van der Waals surface area contributed by atoms with Gasteiger partial charge in [0, 0.05) is 12.6 Å². The Morgan fingerprint density at radius 2 is 1.59 bits per heavy atom. The number of hydrogen-bond acceptors (Lipinski definition) is 6. The Labute approximate surface area is 243 Å². The van der Waals surface area contributed by atoms with E-state index in [4.69, 9.17) is 9.47 Å². The normalized spacial score (nSPS) is 12.6. The summed E-state index contributed by atoms with van der Waals surface area (Å²) in [5.74, 6) is 0.296. The molecular weight excluding hydrogens is 542 g/mol. The van der Waals surface area contributed by atoms with Crippen LogP contribution in [0, 0.1) is 0 Å². The average Bonchev–Trinajstić information content (AvgIpc) is 2.99. The van der Waals surface area contributed by atoms with Crippen molar-refractivity contribution in [1.82, 2.24) is 10.2 Å². The zero-order chi connectivity index (χ0) is 30.0. The molecule has 0 aliphatic rings. The molecule has 2 amide bonds. The van der Waals surface area contributed by atoms with Gasteiger partial charge in [0.05, 0.1) is 24.3 Å². The van der Waals surface area contributed by atoms with Gasteiger partial charge in [-0.2, -0.15) is 0 Å². The van der Waals surface area contributed by atoms with Gasteiger partial charge in [0.25, 0.3) is 10.0 Å². The first kappa shape index (κ1) is 31.5. The van der Waals surface area contributed by atoms with Crippen molar-refractivity contribution in [1.29, 1.82) is 0 Å². The molecule has 3 rings (SSSR count). The van der Waals surface area contributed by atoms with Crippen LogP contribution in [0.1, 0.15) is 39.7 Å². The molecule has 3 aromatic carbocycles. The second kappa shape index (κ2) is 14.5. The van der Waals surface area contributed by atoms with Crippen LogP contribution < -0.4 is 19.1 Å². The number of ether oxygens (including phenoxy) is 2. The first-order chi connectivity index (χ1) is 19.6. The fraction of sp³-hybridized carbons (Fsp3) is 0.355. The summed E-state index contributed by atoms with van der Waals surface area (Å²) in [6, 6.07) is 20.8. The van der Waals surface area contributed by atoms with Crippen LogP contribution in [0.5, 0.6) is 11.5 Å². The minimum absolute atomic E-state index is 0.0134. The lowest BCUT2D eigenvalue weighted by atomic mass is 10.1. The molecule has 0 saturated heterocycles. The summed E-state index contributed by atoms with van der Waals surface area (Å²) < 4.78 is 39.7. The van der Waals surface area contributed by atoms with E-state index >= 15 is 0 Å². The largest absolute Gasteiger partial charge is 0.497 e. The summed E-state index contributed by atoms with van der Waals surface area (Å²) in [7, 11) is -2.61. The fourth-order valence-corrected chi connectivity index (χ4v) is 5.55. The molecule has 220 valence electrons. The number of hydrogen-bond donors (Lipinski definition) is 1. The summed E-state index contributed by atoms with van der Waals surface area (Å²) in [5, 5.41) is 2.93. The minimum Gasteiger partial charge on any atom is -0.497 e. The number of anilines is 1. The predicted octanol–water partition coefficient (Wildman–Crippen LogP) is 4.62. The number of methoxy groups -OCH3 is 1. The molecule has 0 radical (unpaired) electrons. The van der Waals surface area contributed by atoms with Gasteiger partial charge in [-0.15, -0.1) is 0 Å². The maximum atomic E-state index is 14.0. The second-order valence-corrected chi connectivity index (χ2v) is 11.5. The summed E-state index contributed by atoms with van der Waals surface area (Å²) in [5.41, 5.74) is 1.06. The zero-order valence-corrected chi connectivity index (χ0v) is 25.1. The lowest BCUT2D eigenvalue weighted by Crippen LogP contribution is -2.52. The molecule has 0 bridgehead atoms. The van der Waals surface area contributed by atoms with E-state index in [1.165, 1.54) is 17.0 Å². The Balaban J connectivity index is 2.00. The van der Waals surface area contributed by atoms with Crippen molar-refractivity contribution in [3.8, 4) is 11.5 Å². The molecule has 0 aliphatic carbocycles. The molecule has 2 atom stereocenters. The SMILES string of the molecule is CCOc1ccc(S(=O)(=O)N(CC(=O)N(Cc2cccc(OC)c2)[C@@H](C)C(=O)N[C@H](C)CC)c2ccccc2)cc1. The molecule has 10 heteroatoms. The standard InChI is InChI=1S/C31H39N3O6S/c1-6-23(3)32-31(36)24(4)33(21-25-12-11-15-28(20-25)39-5)30(35)22-34(26-13-9-8-10-14-26)41(37,38)29-18-16-27(17-19-29)40-7-2/h8-20,23-24H,6-7,21-22H2,1-5H3,(H,32,36)/t23-,24+/m1/s1. The first-order valence-corrected chi connectivity index (χ1v) is 15.1. The van der Waals surface area contributed by atoms with Crippen LogP contribution in [0.15, 0.2) is 83.8 Å². The Morgan fingerprint density at radius 1 is 0.902 bits per heavy atom. The number of amides is 2. The number of carbonyl (C=O) groups is 2. The van der Waals surface area contributed by atoms with E-state index in [0.717, 1.165) is 16.3 Å². The third-order valence-electron chi connectivity index (χ3n) is 6.70. The lowest BCUT2D eigenvalue weighted by Gasteiger charge is -2.32. The maximum Gasteiger partial charge on any atom is 0.264 e. The maximum absolute atomic E-state index is 14.0. The molecule has 0 saturated carbocycles. The van der Waals surface area contributed by atoms with Gasteiger partial charge < -0.3 is 19.7 Å². The molecule has 41 heavy (non-hydrogen) atoms. The van der Waals surface area contributed by atoms with Crippen molar-refractivity contribution in [2.75, 3.05) is 24.6 Å². The number of benzene rings is 3. The highest BCUT2D eigenvalue weighted by Crippen LogP contribution is 2.26. The molecule has 0 aromatic heterocycles. The smallest absolute Gasteiger partial charge is 0.264 e. The third-order valence-corrected chi connectivity index (χ3v) is 8.49. The highest BCUT2D eigenvalue weighted by atomic mass is 32.2. The molecule has 3 aromatic rings. The average molecular weight is 582 g/mol. The first-order valence-electron chi connectivity index (χ1n) is 13.6. The number of rotatable bonds is 14. The summed E-state index contributed by atoms with van der Waals surface area (Å²) in [6.07, 6.45) is 0.727. The van der Waals surface area contributed by atoms with Crippen molar-refractivity contribution in [2.45, 2.75) is 57.6 Å². The molecule has 0 aliphatic heterocycles. The molecule has 9 nitrogen and oxygen atoms in total. The topological polar surface area (TPSA) is 105 Å². The Bertz CT molecular complexity index is 1400. The number of nitrogens with zero attached hydrogens (tertiary/aromatic N) is 2. The van der Waals surface area contributed by atoms with Gasteiger partial charge in [-0.3, -0.25) is 13.9 Å². The highest BCUT2D eigenvalue weighted by Gasteiger charge is 2.32. The number of nitrogens with one attached hydrogen (secondary N) is 1.